The fourth-order valence-electron chi connectivity index (χ4n) is 4.01. The molecule has 2 saturated heterocycles. The van der Waals surface area contributed by atoms with Crippen LogP contribution in [0.5, 0.6) is 0 Å². The van der Waals surface area contributed by atoms with Crippen LogP contribution in [0.4, 0.5) is 5.69 Å². The van der Waals surface area contributed by atoms with E-state index in [0.29, 0.717) is 31.6 Å². The Hall–Kier alpha value is -2.09. The molecule has 2 aliphatic rings. The molecule has 0 aromatic heterocycles. The van der Waals surface area contributed by atoms with Crippen molar-refractivity contribution in [2.75, 3.05) is 25.4 Å². The number of likely N-dealkylation sites (tertiary alicyclic amines) is 1. The van der Waals surface area contributed by atoms with E-state index in [1.165, 1.54) is 12.1 Å². The summed E-state index contributed by atoms with van der Waals surface area (Å²) in [6.07, 6.45) is 5.20. The number of amides is 2. The SMILES string of the molecule is CCCCCC(=O)N1CCC2(CC1)SCCN2C(=O)c1cccc([N+](=O)[O-])c1. The minimum atomic E-state index is -0.478. The lowest BCUT2D eigenvalue weighted by molar-refractivity contribution is -0.384. The second-order valence-corrected chi connectivity index (χ2v) is 8.85. The summed E-state index contributed by atoms with van der Waals surface area (Å²) in [4.78, 5) is 39.5. The van der Waals surface area contributed by atoms with Gasteiger partial charge in [0.1, 0.15) is 0 Å². The van der Waals surface area contributed by atoms with Gasteiger partial charge in [-0.1, -0.05) is 25.8 Å². The fraction of sp³-hybridized carbons (Fsp3) is 0.600. The average molecular weight is 406 g/mol. The Morgan fingerprint density at radius 2 is 1.96 bits per heavy atom. The Bertz CT molecular complexity index is 747. The van der Waals surface area contributed by atoms with Crippen LogP contribution in [0.15, 0.2) is 24.3 Å². The van der Waals surface area contributed by atoms with Crippen molar-refractivity contribution in [2.45, 2.75) is 50.3 Å². The molecule has 0 aliphatic carbocycles. The summed E-state index contributed by atoms with van der Waals surface area (Å²) < 4.78 is 0. The number of piperidine rings is 1. The molecule has 1 aromatic rings. The zero-order chi connectivity index (χ0) is 20.1. The third-order valence-electron chi connectivity index (χ3n) is 5.62. The van der Waals surface area contributed by atoms with E-state index in [-0.39, 0.29) is 22.4 Å². The summed E-state index contributed by atoms with van der Waals surface area (Å²) in [6, 6.07) is 5.94. The van der Waals surface area contributed by atoms with Gasteiger partial charge < -0.3 is 9.80 Å². The Balaban J connectivity index is 1.66. The number of hydrogen-bond acceptors (Lipinski definition) is 5. The summed E-state index contributed by atoms with van der Waals surface area (Å²) in [6.45, 7) is 4.09. The normalized spacial score (nSPS) is 18.5. The van der Waals surface area contributed by atoms with Crippen LogP contribution in [0.25, 0.3) is 0 Å². The van der Waals surface area contributed by atoms with Gasteiger partial charge in [-0.2, -0.15) is 0 Å². The van der Waals surface area contributed by atoms with Gasteiger partial charge in [0.25, 0.3) is 11.6 Å². The van der Waals surface area contributed by atoms with Crippen molar-refractivity contribution in [3.05, 3.63) is 39.9 Å². The van der Waals surface area contributed by atoms with Crippen LogP contribution in [-0.4, -0.2) is 56.8 Å². The molecule has 28 heavy (non-hydrogen) atoms. The van der Waals surface area contributed by atoms with Crippen LogP contribution in [0, 0.1) is 10.1 Å². The Kier molecular flexibility index (Phi) is 6.59. The predicted molar refractivity (Wildman–Crippen MR) is 109 cm³/mol. The maximum absolute atomic E-state index is 13.1. The smallest absolute Gasteiger partial charge is 0.270 e. The maximum Gasteiger partial charge on any atom is 0.270 e. The highest BCUT2D eigenvalue weighted by Crippen LogP contribution is 2.44. The van der Waals surface area contributed by atoms with E-state index in [4.69, 9.17) is 0 Å². The van der Waals surface area contributed by atoms with Gasteiger partial charge in [0, 0.05) is 49.5 Å². The Labute approximate surface area is 169 Å². The van der Waals surface area contributed by atoms with E-state index < -0.39 is 4.92 Å². The largest absolute Gasteiger partial charge is 0.342 e. The van der Waals surface area contributed by atoms with Crippen LogP contribution >= 0.6 is 11.8 Å². The summed E-state index contributed by atoms with van der Waals surface area (Å²) >= 11 is 1.78. The van der Waals surface area contributed by atoms with Crippen LogP contribution in [0.3, 0.4) is 0 Å². The number of nitro groups is 1. The van der Waals surface area contributed by atoms with Crippen molar-refractivity contribution in [2.24, 2.45) is 0 Å². The molecule has 1 aromatic carbocycles. The van der Waals surface area contributed by atoms with E-state index in [0.717, 1.165) is 37.9 Å². The summed E-state index contributed by atoms with van der Waals surface area (Å²) in [5, 5.41) is 11.0. The second-order valence-electron chi connectivity index (χ2n) is 7.40. The monoisotopic (exact) mass is 405 g/mol. The van der Waals surface area contributed by atoms with Crippen LogP contribution < -0.4 is 0 Å². The molecule has 0 atom stereocenters. The van der Waals surface area contributed by atoms with Gasteiger partial charge in [-0.25, -0.2) is 0 Å². The highest BCUT2D eigenvalue weighted by molar-refractivity contribution is 8.00. The lowest BCUT2D eigenvalue weighted by Gasteiger charge is -2.44. The highest BCUT2D eigenvalue weighted by Gasteiger charge is 2.47. The van der Waals surface area contributed by atoms with Crippen molar-refractivity contribution in [1.29, 1.82) is 0 Å². The Morgan fingerprint density at radius 3 is 2.64 bits per heavy atom. The minimum Gasteiger partial charge on any atom is -0.342 e. The topological polar surface area (TPSA) is 83.8 Å². The molecule has 0 bridgehead atoms. The first kappa shape index (κ1) is 20.6. The summed E-state index contributed by atoms with van der Waals surface area (Å²) in [7, 11) is 0. The molecular formula is C20H27N3O4S. The van der Waals surface area contributed by atoms with Crippen LogP contribution in [0.2, 0.25) is 0 Å². The zero-order valence-electron chi connectivity index (χ0n) is 16.3. The molecule has 0 radical (unpaired) electrons. The van der Waals surface area contributed by atoms with E-state index in [1.54, 1.807) is 23.9 Å². The van der Waals surface area contributed by atoms with Crippen molar-refractivity contribution in [3.63, 3.8) is 0 Å². The van der Waals surface area contributed by atoms with Gasteiger partial charge >= 0.3 is 0 Å². The number of carbonyl (C=O) groups is 2. The van der Waals surface area contributed by atoms with Gasteiger partial charge in [-0.3, -0.25) is 19.7 Å². The average Bonchev–Trinajstić information content (AvgIpc) is 3.11. The third-order valence-corrected chi connectivity index (χ3v) is 7.17. The molecule has 3 rings (SSSR count). The predicted octanol–water partition coefficient (Wildman–Crippen LogP) is 3.68. The molecule has 8 heteroatoms. The molecule has 1 spiro atoms. The number of non-ortho nitro benzene ring substituents is 1. The van der Waals surface area contributed by atoms with Crippen molar-refractivity contribution >= 4 is 29.3 Å². The molecular weight excluding hydrogens is 378 g/mol. The van der Waals surface area contributed by atoms with Crippen molar-refractivity contribution in [1.82, 2.24) is 9.80 Å². The standard InChI is InChI=1S/C20H27N3O4S/c1-2-3-4-8-18(24)21-11-9-20(10-12-21)22(13-14-28-20)19(25)16-6-5-7-17(15-16)23(26)27/h5-7,15H,2-4,8-14H2,1H3. The molecule has 0 N–H and O–H groups in total. The molecule has 152 valence electrons. The second kappa shape index (κ2) is 8.94. The van der Waals surface area contributed by atoms with Gasteiger partial charge in [0.2, 0.25) is 5.91 Å². The maximum atomic E-state index is 13.1. The molecule has 2 aliphatic heterocycles. The Morgan fingerprint density at radius 1 is 1.21 bits per heavy atom. The van der Waals surface area contributed by atoms with Crippen LogP contribution in [0.1, 0.15) is 55.8 Å². The molecule has 7 nitrogen and oxygen atoms in total. The lowest BCUT2D eigenvalue weighted by atomic mass is 10.00. The number of thioether (sulfide) groups is 1. The van der Waals surface area contributed by atoms with E-state index in [1.807, 2.05) is 9.80 Å². The first-order valence-corrected chi connectivity index (χ1v) is 10.9. The highest BCUT2D eigenvalue weighted by atomic mass is 32.2. The summed E-state index contributed by atoms with van der Waals surface area (Å²) in [5.41, 5.74) is 0.286. The van der Waals surface area contributed by atoms with Crippen LogP contribution in [-0.2, 0) is 4.79 Å². The number of benzene rings is 1. The first-order valence-electron chi connectivity index (χ1n) is 9.95. The van der Waals surface area contributed by atoms with Gasteiger partial charge in [-0.15, -0.1) is 11.8 Å². The third kappa shape index (κ3) is 4.32. The molecule has 0 unspecified atom stereocenters. The quantitative estimate of drug-likeness (QED) is 0.409. The summed E-state index contributed by atoms with van der Waals surface area (Å²) in [5.74, 6) is 0.907. The fourth-order valence-corrected chi connectivity index (χ4v) is 5.46. The molecule has 0 saturated carbocycles. The van der Waals surface area contributed by atoms with E-state index in [9.17, 15) is 19.7 Å². The van der Waals surface area contributed by atoms with Crippen molar-refractivity contribution < 1.29 is 14.5 Å². The van der Waals surface area contributed by atoms with Gasteiger partial charge in [0.05, 0.1) is 9.79 Å². The molecule has 2 heterocycles. The number of carbonyl (C=O) groups excluding carboxylic acids is 2. The molecule has 2 fully saturated rings. The van der Waals surface area contributed by atoms with Crippen molar-refractivity contribution in [3.8, 4) is 0 Å². The zero-order valence-corrected chi connectivity index (χ0v) is 17.1. The first-order chi connectivity index (χ1) is 13.5. The number of nitro benzene ring substituents is 1. The number of rotatable bonds is 6. The number of hydrogen-bond donors (Lipinski definition) is 0. The van der Waals surface area contributed by atoms with E-state index >= 15 is 0 Å². The number of nitrogens with zero attached hydrogens (tertiary/aromatic N) is 3. The van der Waals surface area contributed by atoms with Gasteiger partial charge in [0.15, 0.2) is 0 Å². The molecule has 2 amide bonds. The van der Waals surface area contributed by atoms with Gasteiger partial charge in [-0.05, 0) is 25.3 Å². The number of unbranched alkanes of at least 4 members (excludes halogenated alkanes) is 2. The minimum absolute atomic E-state index is 0.0701. The lowest BCUT2D eigenvalue weighted by Crippen LogP contribution is -2.53. The van der Waals surface area contributed by atoms with E-state index in [2.05, 4.69) is 6.92 Å².